The first-order valence-corrected chi connectivity index (χ1v) is 5.94. The van der Waals surface area contributed by atoms with Crippen LogP contribution in [0.25, 0.3) is 0 Å². The van der Waals surface area contributed by atoms with E-state index in [1.54, 1.807) is 30.3 Å². The molecule has 0 fully saturated rings. The highest BCUT2D eigenvalue weighted by molar-refractivity contribution is 7.80. The second kappa shape index (κ2) is 5.58. The average Bonchev–Trinajstić information content (AvgIpc) is 2.39. The third-order valence-corrected chi connectivity index (χ3v) is 2.78. The standard InChI is InChI=1S/C14H11FN2OS/c15-12-4-2-1-3-11(12)14(18)17-10-7-5-9(6-8-10)13(16)19/h1-8H,(H2,16,19)(H,17,18). The van der Waals surface area contributed by atoms with Crippen molar-refractivity contribution in [1.82, 2.24) is 0 Å². The zero-order chi connectivity index (χ0) is 13.8. The molecule has 19 heavy (non-hydrogen) atoms. The van der Waals surface area contributed by atoms with E-state index in [2.05, 4.69) is 5.32 Å². The van der Waals surface area contributed by atoms with E-state index in [1.807, 2.05) is 0 Å². The van der Waals surface area contributed by atoms with Gasteiger partial charge >= 0.3 is 0 Å². The highest BCUT2D eigenvalue weighted by Crippen LogP contribution is 2.13. The Hall–Kier alpha value is -2.27. The molecule has 0 radical (unpaired) electrons. The minimum absolute atomic E-state index is 0.000854. The number of anilines is 1. The quantitative estimate of drug-likeness (QED) is 0.846. The van der Waals surface area contributed by atoms with Crippen molar-refractivity contribution in [2.24, 2.45) is 5.73 Å². The molecule has 0 atom stereocenters. The molecule has 0 aliphatic heterocycles. The summed E-state index contributed by atoms with van der Waals surface area (Å²) >= 11 is 4.83. The summed E-state index contributed by atoms with van der Waals surface area (Å²) in [5.74, 6) is -1.05. The lowest BCUT2D eigenvalue weighted by Gasteiger charge is -2.06. The van der Waals surface area contributed by atoms with E-state index >= 15 is 0 Å². The number of halogens is 1. The molecule has 0 heterocycles. The van der Waals surface area contributed by atoms with Gasteiger partial charge in [0.15, 0.2) is 0 Å². The maximum atomic E-state index is 13.4. The largest absolute Gasteiger partial charge is 0.389 e. The summed E-state index contributed by atoms with van der Waals surface area (Å²) in [5.41, 5.74) is 6.73. The van der Waals surface area contributed by atoms with Crippen molar-refractivity contribution in [3.63, 3.8) is 0 Å². The lowest BCUT2D eigenvalue weighted by Crippen LogP contribution is -2.14. The van der Waals surface area contributed by atoms with Crippen molar-refractivity contribution in [2.75, 3.05) is 5.32 Å². The zero-order valence-electron chi connectivity index (χ0n) is 9.89. The number of rotatable bonds is 3. The third kappa shape index (κ3) is 3.14. The molecule has 0 aliphatic rings. The second-order valence-corrected chi connectivity index (χ2v) is 4.32. The first kappa shape index (κ1) is 13.2. The van der Waals surface area contributed by atoms with E-state index in [0.717, 1.165) is 0 Å². The highest BCUT2D eigenvalue weighted by atomic mass is 32.1. The fraction of sp³-hybridized carbons (Fsp3) is 0. The Balaban J connectivity index is 2.15. The lowest BCUT2D eigenvalue weighted by molar-refractivity contribution is 0.102. The number of nitrogens with two attached hydrogens (primary N) is 1. The molecule has 0 saturated carbocycles. The zero-order valence-corrected chi connectivity index (χ0v) is 10.7. The Labute approximate surface area is 115 Å². The van der Waals surface area contributed by atoms with Gasteiger partial charge in [-0.25, -0.2) is 4.39 Å². The molecule has 2 aromatic carbocycles. The highest BCUT2D eigenvalue weighted by Gasteiger charge is 2.10. The second-order valence-electron chi connectivity index (χ2n) is 3.88. The number of hydrogen-bond acceptors (Lipinski definition) is 2. The van der Waals surface area contributed by atoms with Gasteiger partial charge in [-0.1, -0.05) is 24.4 Å². The molecule has 0 aromatic heterocycles. The Kier molecular flexibility index (Phi) is 3.87. The van der Waals surface area contributed by atoms with Crippen molar-refractivity contribution >= 4 is 28.8 Å². The molecule has 2 rings (SSSR count). The summed E-state index contributed by atoms with van der Waals surface area (Å²) in [6.07, 6.45) is 0. The number of thiocarbonyl (C=S) groups is 1. The van der Waals surface area contributed by atoms with Crippen molar-refractivity contribution in [3.8, 4) is 0 Å². The molecule has 5 heteroatoms. The van der Waals surface area contributed by atoms with Crippen LogP contribution in [-0.2, 0) is 0 Å². The van der Waals surface area contributed by atoms with Crippen LogP contribution in [0.1, 0.15) is 15.9 Å². The number of amides is 1. The van der Waals surface area contributed by atoms with E-state index in [9.17, 15) is 9.18 Å². The van der Waals surface area contributed by atoms with Crippen molar-refractivity contribution < 1.29 is 9.18 Å². The third-order valence-electron chi connectivity index (χ3n) is 2.55. The first-order chi connectivity index (χ1) is 9.08. The number of carbonyl (C=O) groups is 1. The van der Waals surface area contributed by atoms with Gasteiger partial charge in [0.05, 0.1) is 5.56 Å². The minimum atomic E-state index is -0.556. The molecule has 0 aliphatic carbocycles. The summed E-state index contributed by atoms with van der Waals surface area (Å²) in [5, 5.41) is 2.60. The first-order valence-electron chi connectivity index (χ1n) is 5.53. The number of carbonyl (C=O) groups excluding carboxylic acids is 1. The monoisotopic (exact) mass is 274 g/mol. The predicted molar refractivity (Wildman–Crippen MR) is 76.7 cm³/mol. The van der Waals surface area contributed by atoms with E-state index in [0.29, 0.717) is 11.3 Å². The molecular weight excluding hydrogens is 263 g/mol. The normalized spacial score (nSPS) is 9.95. The van der Waals surface area contributed by atoms with E-state index in [4.69, 9.17) is 18.0 Å². The summed E-state index contributed by atoms with van der Waals surface area (Å²) in [6.45, 7) is 0. The van der Waals surface area contributed by atoms with Crippen LogP contribution in [0, 0.1) is 5.82 Å². The average molecular weight is 274 g/mol. The van der Waals surface area contributed by atoms with E-state index in [1.165, 1.54) is 18.2 Å². The predicted octanol–water partition coefficient (Wildman–Crippen LogP) is 2.71. The number of nitrogens with one attached hydrogen (secondary N) is 1. The Morgan fingerprint density at radius 3 is 2.32 bits per heavy atom. The SMILES string of the molecule is NC(=S)c1ccc(NC(=O)c2ccccc2F)cc1. The van der Waals surface area contributed by atoms with Gasteiger partial charge in [0.1, 0.15) is 10.8 Å². The fourth-order valence-corrected chi connectivity index (χ4v) is 1.70. The molecule has 2 aromatic rings. The van der Waals surface area contributed by atoms with Crippen LogP contribution >= 0.6 is 12.2 Å². The van der Waals surface area contributed by atoms with Gasteiger partial charge in [0, 0.05) is 11.3 Å². The molecule has 3 nitrogen and oxygen atoms in total. The maximum absolute atomic E-state index is 13.4. The van der Waals surface area contributed by atoms with Gasteiger partial charge < -0.3 is 11.1 Å². The van der Waals surface area contributed by atoms with Gasteiger partial charge in [-0.05, 0) is 36.4 Å². The molecule has 3 N–H and O–H groups in total. The molecule has 0 unspecified atom stereocenters. The molecule has 0 spiro atoms. The smallest absolute Gasteiger partial charge is 0.258 e. The molecule has 1 amide bonds. The van der Waals surface area contributed by atoms with Crippen molar-refractivity contribution in [2.45, 2.75) is 0 Å². The van der Waals surface area contributed by atoms with Crippen LogP contribution in [0.4, 0.5) is 10.1 Å². The van der Waals surface area contributed by atoms with Gasteiger partial charge in [-0.15, -0.1) is 0 Å². The van der Waals surface area contributed by atoms with Crippen LogP contribution in [0.3, 0.4) is 0 Å². The van der Waals surface area contributed by atoms with Crippen molar-refractivity contribution in [3.05, 3.63) is 65.5 Å². The number of hydrogen-bond donors (Lipinski definition) is 2. The molecule has 96 valence electrons. The topological polar surface area (TPSA) is 55.1 Å². The fourth-order valence-electron chi connectivity index (χ4n) is 1.56. The van der Waals surface area contributed by atoms with Gasteiger partial charge in [0.25, 0.3) is 5.91 Å². The van der Waals surface area contributed by atoms with Gasteiger partial charge in [-0.2, -0.15) is 0 Å². The summed E-state index contributed by atoms with van der Waals surface area (Å²) in [6, 6.07) is 12.5. The van der Waals surface area contributed by atoms with Crippen LogP contribution in [0.2, 0.25) is 0 Å². The minimum Gasteiger partial charge on any atom is -0.389 e. The van der Waals surface area contributed by atoms with E-state index in [-0.39, 0.29) is 10.6 Å². The maximum Gasteiger partial charge on any atom is 0.258 e. The lowest BCUT2D eigenvalue weighted by atomic mass is 10.1. The van der Waals surface area contributed by atoms with Gasteiger partial charge in [-0.3, -0.25) is 4.79 Å². The summed E-state index contributed by atoms with van der Waals surface area (Å²) < 4.78 is 13.4. The Morgan fingerprint density at radius 1 is 1.11 bits per heavy atom. The Morgan fingerprint density at radius 2 is 1.74 bits per heavy atom. The molecule has 0 bridgehead atoms. The van der Waals surface area contributed by atoms with Crippen LogP contribution in [0.15, 0.2) is 48.5 Å². The van der Waals surface area contributed by atoms with Crippen molar-refractivity contribution in [1.29, 1.82) is 0 Å². The summed E-state index contributed by atoms with van der Waals surface area (Å²) in [7, 11) is 0. The Bertz CT molecular complexity index is 626. The number of benzene rings is 2. The summed E-state index contributed by atoms with van der Waals surface area (Å²) in [4.78, 5) is 12.1. The van der Waals surface area contributed by atoms with E-state index < -0.39 is 11.7 Å². The molecular formula is C14H11FN2OS. The van der Waals surface area contributed by atoms with Crippen LogP contribution < -0.4 is 11.1 Å². The van der Waals surface area contributed by atoms with Gasteiger partial charge in [0.2, 0.25) is 0 Å². The van der Waals surface area contributed by atoms with Crippen LogP contribution in [0.5, 0.6) is 0 Å². The molecule has 0 saturated heterocycles. The van der Waals surface area contributed by atoms with Crippen LogP contribution in [-0.4, -0.2) is 10.9 Å².